The van der Waals surface area contributed by atoms with Crippen LogP contribution in [0.3, 0.4) is 0 Å². The molecule has 1 unspecified atom stereocenters. The lowest BCUT2D eigenvalue weighted by molar-refractivity contribution is -0.138. The van der Waals surface area contributed by atoms with Crippen molar-refractivity contribution in [3.8, 4) is 5.75 Å². The number of aliphatic carboxylic acids is 1. The molecule has 17 heavy (non-hydrogen) atoms. The van der Waals surface area contributed by atoms with E-state index in [9.17, 15) is 4.79 Å². The number of hydrogen-bond donors (Lipinski definition) is 1. The molecule has 0 aromatic heterocycles. The minimum Gasteiger partial charge on any atom is -0.490 e. The minimum atomic E-state index is -0.773. The molecule has 0 aliphatic carbocycles. The lowest BCUT2D eigenvalue weighted by atomic mass is 9.81. The molecular weight excluding hydrogens is 216 g/mol. The summed E-state index contributed by atoms with van der Waals surface area (Å²) in [6, 6.07) is 6.06. The average molecular weight is 234 g/mol. The van der Waals surface area contributed by atoms with Crippen molar-refractivity contribution < 1.29 is 14.6 Å². The average Bonchev–Trinajstić information content (AvgIpc) is 2.54. The summed E-state index contributed by atoms with van der Waals surface area (Å²) < 4.78 is 5.70. The predicted molar refractivity (Wildman–Crippen MR) is 65.5 cm³/mol. The first-order valence-electron chi connectivity index (χ1n) is 5.90. The van der Waals surface area contributed by atoms with E-state index in [-0.39, 0.29) is 17.9 Å². The summed E-state index contributed by atoms with van der Waals surface area (Å²) in [6.07, 6.45) is 1.29. The zero-order chi connectivity index (χ0) is 12.6. The number of hydrogen-bond acceptors (Lipinski definition) is 2. The van der Waals surface area contributed by atoms with Gasteiger partial charge in [0.05, 0.1) is 6.42 Å². The fraction of sp³-hybridized carbons (Fsp3) is 0.500. The van der Waals surface area contributed by atoms with Crippen molar-refractivity contribution in [2.75, 3.05) is 0 Å². The Hall–Kier alpha value is -1.51. The zero-order valence-corrected chi connectivity index (χ0v) is 10.5. The number of benzene rings is 1. The molecule has 1 aromatic carbocycles. The van der Waals surface area contributed by atoms with Gasteiger partial charge in [-0.1, -0.05) is 26.0 Å². The first-order valence-corrected chi connectivity index (χ1v) is 5.90. The van der Waals surface area contributed by atoms with E-state index in [1.54, 1.807) is 0 Å². The molecule has 92 valence electrons. The minimum absolute atomic E-state index is 0.126. The monoisotopic (exact) mass is 234 g/mol. The molecule has 0 saturated carbocycles. The normalized spacial score (nSPS) is 18.6. The molecule has 1 aliphatic heterocycles. The van der Waals surface area contributed by atoms with Crippen LogP contribution < -0.4 is 4.74 Å². The molecule has 1 aliphatic rings. The van der Waals surface area contributed by atoms with Crippen molar-refractivity contribution >= 4 is 5.97 Å². The van der Waals surface area contributed by atoms with Gasteiger partial charge in [-0.2, -0.15) is 0 Å². The second-order valence-corrected chi connectivity index (χ2v) is 5.41. The van der Waals surface area contributed by atoms with Gasteiger partial charge in [0.2, 0.25) is 0 Å². The van der Waals surface area contributed by atoms with Crippen LogP contribution in [0.15, 0.2) is 18.2 Å². The summed E-state index contributed by atoms with van der Waals surface area (Å²) in [5.74, 6) is 0.137. The van der Waals surface area contributed by atoms with E-state index in [1.165, 1.54) is 5.56 Å². The summed E-state index contributed by atoms with van der Waals surface area (Å²) in [5.41, 5.74) is 1.87. The number of carboxylic acid groups (broad SMARTS) is 1. The summed E-state index contributed by atoms with van der Waals surface area (Å²) in [6.45, 7) is 5.94. The summed E-state index contributed by atoms with van der Waals surface area (Å²) in [5, 5.41) is 8.91. The molecule has 0 bridgehead atoms. The summed E-state index contributed by atoms with van der Waals surface area (Å²) in [7, 11) is 0. The van der Waals surface area contributed by atoms with Gasteiger partial charge in [-0.25, -0.2) is 0 Å². The molecule has 3 heteroatoms. The summed E-state index contributed by atoms with van der Waals surface area (Å²) in [4.78, 5) is 10.8. The molecule has 0 amide bonds. The first kappa shape index (κ1) is 12.0. The van der Waals surface area contributed by atoms with Gasteiger partial charge in [-0.3, -0.25) is 4.79 Å². The van der Waals surface area contributed by atoms with Gasteiger partial charge in [-0.05, 0) is 24.1 Å². The SMILES string of the molecule is CC1Cc2ccc(C(C)(C)CC(=O)O)cc2O1. The van der Waals surface area contributed by atoms with Gasteiger partial charge >= 0.3 is 5.97 Å². The molecule has 0 radical (unpaired) electrons. The molecule has 0 spiro atoms. The van der Waals surface area contributed by atoms with Crippen LogP contribution in [0, 0.1) is 0 Å². The first-order chi connectivity index (χ1) is 7.88. The number of rotatable bonds is 3. The van der Waals surface area contributed by atoms with Gasteiger partial charge in [0.1, 0.15) is 11.9 Å². The molecular formula is C14H18O3. The van der Waals surface area contributed by atoms with E-state index in [0.717, 1.165) is 17.7 Å². The van der Waals surface area contributed by atoms with E-state index in [1.807, 2.05) is 32.9 Å². The lowest BCUT2D eigenvalue weighted by Crippen LogP contribution is -2.21. The Labute approximate surface area is 101 Å². The van der Waals surface area contributed by atoms with E-state index in [0.29, 0.717) is 0 Å². The van der Waals surface area contributed by atoms with Crippen molar-refractivity contribution in [1.29, 1.82) is 0 Å². The fourth-order valence-electron chi connectivity index (χ4n) is 2.30. The summed E-state index contributed by atoms with van der Waals surface area (Å²) >= 11 is 0. The standard InChI is InChI=1S/C14H18O3/c1-9-6-10-4-5-11(7-12(10)17-9)14(2,3)8-13(15)16/h4-5,7,9H,6,8H2,1-3H3,(H,15,16). The molecule has 1 N–H and O–H groups in total. The third-order valence-corrected chi connectivity index (χ3v) is 3.28. The highest BCUT2D eigenvalue weighted by atomic mass is 16.5. The topological polar surface area (TPSA) is 46.5 Å². The van der Waals surface area contributed by atoms with Gasteiger partial charge in [0.25, 0.3) is 0 Å². The van der Waals surface area contributed by atoms with Crippen LogP contribution in [0.5, 0.6) is 5.75 Å². The Morgan fingerprint density at radius 2 is 2.24 bits per heavy atom. The molecule has 2 rings (SSSR count). The van der Waals surface area contributed by atoms with Gasteiger partial charge < -0.3 is 9.84 Å². The Kier molecular flexibility index (Phi) is 2.86. The Balaban J connectivity index is 2.29. The van der Waals surface area contributed by atoms with Crippen LogP contribution in [-0.4, -0.2) is 17.2 Å². The lowest BCUT2D eigenvalue weighted by Gasteiger charge is -2.23. The predicted octanol–water partition coefficient (Wildman–Crippen LogP) is 2.76. The molecule has 3 nitrogen and oxygen atoms in total. The van der Waals surface area contributed by atoms with E-state index >= 15 is 0 Å². The second-order valence-electron chi connectivity index (χ2n) is 5.41. The highest BCUT2D eigenvalue weighted by molar-refractivity contribution is 5.69. The maximum absolute atomic E-state index is 10.8. The maximum atomic E-state index is 10.8. The Bertz CT molecular complexity index is 449. The van der Waals surface area contributed by atoms with Crippen LogP contribution in [0.1, 0.15) is 38.3 Å². The third kappa shape index (κ3) is 2.43. The van der Waals surface area contributed by atoms with Crippen molar-refractivity contribution in [3.05, 3.63) is 29.3 Å². The maximum Gasteiger partial charge on any atom is 0.304 e. The van der Waals surface area contributed by atoms with E-state index in [4.69, 9.17) is 9.84 Å². The van der Waals surface area contributed by atoms with Crippen LogP contribution >= 0.6 is 0 Å². The Morgan fingerprint density at radius 3 is 2.88 bits per heavy atom. The van der Waals surface area contributed by atoms with Crippen molar-refractivity contribution in [1.82, 2.24) is 0 Å². The van der Waals surface area contributed by atoms with Gasteiger partial charge in [-0.15, -0.1) is 0 Å². The number of fused-ring (bicyclic) bond motifs is 1. The van der Waals surface area contributed by atoms with Crippen LogP contribution in [0.2, 0.25) is 0 Å². The van der Waals surface area contributed by atoms with Crippen molar-refractivity contribution in [2.24, 2.45) is 0 Å². The largest absolute Gasteiger partial charge is 0.490 e. The fourth-order valence-corrected chi connectivity index (χ4v) is 2.30. The quantitative estimate of drug-likeness (QED) is 0.874. The number of carboxylic acids is 1. The smallest absolute Gasteiger partial charge is 0.304 e. The molecule has 1 heterocycles. The molecule has 1 atom stereocenters. The van der Waals surface area contributed by atoms with Crippen LogP contribution in [-0.2, 0) is 16.6 Å². The third-order valence-electron chi connectivity index (χ3n) is 3.28. The van der Waals surface area contributed by atoms with E-state index < -0.39 is 5.97 Å². The van der Waals surface area contributed by atoms with Crippen molar-refractivity contribution in [3.63, 3.8) is 0 Å². The Morgan fingerprint density at radius 1 is 1.53 bits per heavy atom. The van der Waals surface area contributed by atoms with Crippen molar-refractivity contribution in [2.45, 2.75) is 45.1 Å². The molecule has 0 fully saturated rings. The van der Waals surface area contributed by atoms with Crippen LogP contribution in [0.4, 0.5) is 0 Å². The number of carbonyl (C=O) groups is 1. The highest BCUT2D eigenvalue weighted by Gasteiger charge is 2.27. The van der Waals surface area contributed by atoms with Gasteiger partial charge in [0.15, 0.2) is 0 Å². The van der Waals surface area contributed by atoms with Crippen LogP contribution in [0.25, 0.3) is 0 Å². The van der Waals surface area contributed by atoms with E-state index in [2.05, 4.69) is 6.07 Å². The number of ether oxygens (including phenoxy) is 1. The molecule has 1 aromatic rings. The van der Waals surface area contributed by atoms with Gasteiger partial charge in [0, 0.05) is 11.8 Å². The second kappa shape index (κ2) is 4.06. The zero-order valence-electron chi connectivity index (χ0n) is 10.5. The highest BCUT2D eigenvalue weighted by Crippen LogP contribution is 2.35. The molecule has 0 saturated heterocycles.